The SMILES string of the molecule is NCc1ccc(Cl)cc1OCCn1cccn1. The maximum atomic E-state index is 5.91. The highest BCUT2D eigenvalue weighted by molar-refractivity contribution is 6.30. The molecule has 2 aromatic rings. The molecule has 2 N–H and O–H groups in total. The Morgan fingerprint density at radius 1 is 1.41 bits per heavy atom. The fraction of sp³-hybridized carbons (Fsp3) is 0.250. The number of halogens is 1. The van der Waals surface area contributed by atoms with Crippen molar-refractivity contribution in [1.29, 1.82) is 0 Å². The molecule has 0 aliphatic rings. The van der Waals surface area contributed by atoms with Crippen molar-refractivity contribution in [1.82, 2.24) is 9.78 Å². The zero-order chi connectivity index (χ0) is 12.1. The number of nitrogens with two attached hydrogens (primary N) is 1. The fourth-order valence-corrected chi connectivity index (χ4v) is 1.68. The maximum absolute atomic E-state index is 5.91. The Labute approximate surface area is 105 Å². The number of benzene rings is 1. The summed E-state index contributed by atoms with van der Waals surface area (Å²) in [6.07, 6.45) is 3.63. The molecule has 0 unspecified atom stereocenters. The number of ether oxygens (including phenoxy) is 1. The molecule has 0 bridgehead atoms. The summed E-state index contributed by atoms with van der Waals surface area (Å²) in [5.74, 6) is 0.743. The quantitative estimate of drug-likeness (QED) is 0.885. The van der Waals surface area contributed by atoms with E-state index in [9.17, 15) is 0 Å². The van der Waals surface area contributed by atoms with Crippen LogP contribution in [0.1, 0.15) is 5.56 Å². The van der Waals surface area contributed by atoms with Gasteiger partial charge >= 0.3 is 0 Å². The molecule has 1 heterocycles. The molecule has 1 aromatic heterocycles. The number of nitrogens with zero attached hydrogens (tertiary/aromatic N) is 2. The normalized spacial score (nSPS) is 10.5. The lowest BCUT2D eigenvalue weighted by Gasteiger charge is -2.10. The van der Waals surface area contributed by atoms with Crippen LogP contribution in [0.2, 0.25) is 5.02 Å². The lowest BCUT2D eigenvalue weighted by Crippen LogP contribution is -2.10. The van der Waals surface area contributed by atoms with Crippen LogP contribution in [-0.2, 0) is 13.1 Å². The Kier molecular flexibility index (Phi) is 4.01. The summed E-state index contributed by atoms with van der Waals surface area (Å²) < 4.78 is 7.47. The minimum Gasteiger partial charge on any atom is -0.491 e. The Morgan fingerprint density at radius 2 is 2.29 bits per heavy atom. The van der Waals surface area contributed by atoms with Gasteiger partial charge in [0.25, 0.3) is 0 Å². The molecule has 0 spiro atoms. The predicted octanol–water partition coefficient (Wildman–Crippen LogP) is 2.07. The van der Waals surface area contributed by atoms with Crippen molar-refractivity contribution in [3.63, 3.8) is 0 Å². The second kappa shape index (κ2) is 5.70. The van der Waals surface area contributed by atoms with Crippen LogP contribution in [0.25, 0.3) is 0 Å². The lowest BCUT2D eigenvalue weighted by atomic mass is 10.2. The van der Waals surface area contributed by atoms with Gasteiger partial charge in [0.15, 0.2) is 0 Å². The number of rotatable bonds is 5. The zero-order valence-electron chi connectivity index (χ0n) is 9.34. The largest absolute Gasteiger partial charge is 0.491 e. The van der Waals surface area contributed by atoms with E-state index < -0.39 is 0 Å². The second-order valence-corrected chi connectivity index (χ2v) is 4.01. The average Bonchev–Trinajstić information content (AvgIpc) is 2.82. The van der Waals surface area contributed by atoms with Gasteiger partial charge in [-0.3, -0.25) is 4.68 Å². The van der Waals surface area contributed by atoms with E-state index in [0.717, 1.165) is 11.3 Å². The molecule has 4 nitrogen and oxygen atoms in total. The smallest absolute Gasteiger partial charge is 0.125 e. The molecule has 0 saturated heterocycles. The van der Waals surface area contributed by atoms with Crippen LogP contribution in [0.3, 0.4) is 0 Å². The lowest BCUT2D eigenvalue weighted by molar-refractivity contribution is 0.288. The van der Waals surface area contributed by atoms with E-state index >= 15 is 0 Å². The Bertz CT molecular complexity index is 471. The third-order valence-corrected chi connectivity index (χ3v) is 2.62. The first-order valence-corrected chi connectivity index (χ1v) is 5.76. The minimum absolute atomic E-state index is 0.439. The van der Waals surface area contributed by atoms with Crippen LogP contribution in [0.4, 0.5) is 0 Å². The van der Waals surface area contributed by atoms with E-state index in [1.165, 1.54) is 0 Å². The van der Waals surface area contributed by atoms with Gasteiger partial charge < -0.3 is 10.5 Å². The highest BCUT2D eigenvalue weighted by Crippen LogP contribution is 2.22. The number of hydrogen-bond donors (Lipinski definition) is 1. The third kappa shape index (κ3) is 3.22. The van der Waals surface area contributed by atoms with Crippen LogP contribution < -0.4 is 10.5 Å². The van der Waals surface area contributed by atoms with Crippen molar-refractivity contribution < 1.29 is 4.74 Å². The summed E-state index contributed by atoms with van der Waals surface area (Å²) in [4.78, 5) is 0. The van der Waals surface area contributed by atoms with Gasteiger partial charge in [-0.2, -0.15) is 5.10 Å². The minimum atomic E-state index is 0.439. The van der Waals surface area contributed by atoms with Crippen LogP contribution in [0.5, 0.6) is 5.75 Å². The standard InChI is InChI=1S/C12H14ClN3O/c13-11-3-2-10(9-14)12(8-11)17-7-6-16-5-1-4-15-16/h1-5,8H,6-7,9,14H2. The Morgan fingerprint density at radius 3 is 3.00 bits per heavy atom. The highest BCUT2D eigenvalue weighted by Gasteiger charge is 2.03. The molecule has 1 aromatic carbocycles. The van der Waals surface area contributed by atoms with Crippen molar-refractivity contribution in [2.45, 2.75) is 13.1 Å². The Balaban J connectivity index is 1.96. The average molecular weight is 252 g/mol. The first kappa shape index (κ1) is 12.0. The molecule has 5 heteroatoms. The number of aromatic nitrogens is 2. The summed E-state index contributed by atoms with van der Waals surface area (Å²) in [6, 6.07) is 7.35. The van der Waals surface area contributed by atoms with Gasteiger partial charge in [0.1, 0.15) is 12.4 Å². The monoisotopic (exact) mass is 251 g/mol. The van der Waals surface area contributed by atoms with Crippen molar-refractivity contribution in [3.05, 3.63) is 47.2 Å². The van der Waals surface area contributed by atoms with Crippen molar-refractivity contribution >= 4 is 11.6 Å². The molecule has 0 aliphatic heterocycles. The summed E-state index contributed by atoms with van der Waals surface area (Å²) in [5, 5.41) is 4.74. The van der Waals surface area contributed by atoms with Crippen LogP contribution in [-0.4, -0.2) is 16.4 Å². The topological polar surface area (TPSA) is 53.1 Å². The van der Waals surface area contributed by atoms with Crippen LogP contribution >= 0.6 is 11.6 Å². The predicted molar refractivity (Wildman–Crippen MR) is 67.1 cm³/mol. The summed E-state index contributed by atoms with van der Waals surface area (Å²) in [5.41, 5.74) is 6.58. The van der Waals surface area contributed by atoms with Crippen molar-refractivity contribution in [3.8, 4) is 5.75 Å². The highest BCUT2D eigenvalue weighted by atomic mass is 35.5. The summed E-state index contributed by atoms with van der Waals surface area (Å²) >= 11 is 5.91. The van der Waals surface area contributed by atoms with Gasteiger partial charge in [0, 0.05) is 29.5 Å². The van der Waals surface area contributed by atoms with E-state index in [1.807, 2.05) is 29.1 Å². The van der Waals surface area contributed by atoms with Gasteiger partial charge in [0.05, 0.1) is 6.54 Å². The van der Waals surface area contributed by atoms with Gasteiger partial charge in [0.2, 0.25) is 0 Å². The van der Waals surface area contributed by atoms with E-state index in [4.69, 9.17) is 22.1 Å². The van der Waals surface area contributed by atoms with Gasteiger partial charge in [-0.15, -0.1) is 0 Å². The molecule has 17 heavy (non-hydrogen) atoms. The van der Waals surface area contributed by atoms with Gasteiger partial charge in [-0.05, 0) is 18.2 Å². The van der Waals surface area contributed by atoms with Gasteiger partial charge in [-0.1, -0.05) is 17.7 Å². The molecular formula is C12H14ClN3O. The third-order valence-electron chi connectivity index (χ3n) is 2.39. The molecule has 2 rings (SSSR count). The first-order valence-electron chi connectivity index (χ1n) is 5.38. The molecule has 0 radical (unpaired) electrons. The zero-order valence-corrected chi connectivity index (χ0v) is 10.1. The van der Waals surface area contributed by atoms with Crippen molar-refractivity contribution in [2.24, 2.45) is 5.73 Å². The van der Waals surface area contributed by atoms with E-state index in [-0.39, 0.29) is 0 Å². The molecule has 0 amide bonds. The molecule has 90 valence electrons. The second-order valence-electron chi connectivity index (χ2n) is 3.57. The van der Waals surface area contributed by atoms with Crippen LogP contribution in [0.15, 0.2) is 36.7 Å². The fourth-order valence-electron chi connectivity index (χ4n) is 1.51. The summed E-state index contributed by atoms with van der Waals surface area (Å²) in [7, 11) is 0. The van der Waals surface area contributed by atoms with Crippen molar-refractivity contribution in [2.75, 3.05) is 6.61 Å². The van der Waals surface area contributed by atoms with E-state index in [1.54, 1.807) is 12.3 Å². The molecule has 0 saturated carbocycles. The number of hydrogen-bond acceptors (Lipinski definition) is 3. The summed E-state index contributed by atoms with van der Waals surface area (Å²) in [6.45, 7) is 1.67. The Hall–Kier alpha value is -1.52. The molecule has 0 atom stereocenters. The van der Waals surface area contributed by atoms with Gasteiger partial charge in [-0.25, -0.2) is 0 Å². The first-order chi connectivity index (χ1) is 8.29. The molecular weight excluding hydrogens is 238 g/mol. The van der Waals surface area contributed by atoms with E-state index in [0.29, 0.717) is 24.7 Å². The van der Waals surface area contributed by atoms with E-state index in [2.05, 4.69) is 5.10 Å². The maximum Gasteiger partial charge on any atom is 0.125 e. The van der Waals surface area contributed by atoms with Crippen LogP contribution in [0, 0.1) is 0 Å². The molecule has 0 fully saturated rings. The molecule has 0 aliphatic carbocycles.